The number of nitrogens with two attached hydrogens (primary N) is 1. The lowest BCUT2D eigenvalue weighted by molar-refractivity contribution is 0.313. The summed E-state index contributed by atoms with van der Waals surface area (Å²) in [6, 6.07) is 2.45. The van der Waals surface area contributed by atoms with Crippen LogP contribution in [0.4, 0.5) is 4.39 Å². The quantitative estimate of drug-likeness (QED) is 0.829. The van der Waals surface area contributed by atoms with E-state index in [4.69, 9.17) is 5.73 Å². The van der Waals surface area contributed by atoms with Crippen molar-refractivity contribution in [3.63, 3.8) is 0 Å². The first kappa shape index (κ1) is 15.7. The average Bonchev–Trinajstić information content (AvgIpc) is 2.08. The molecule has 0 radical (unpaired) electrons. The van der Waals surface area contributed by atoms with Crippen molar-refractivity contribution in [3.05, 3.63) is 28.0 Å². The first-order valence-corrected chi connectivity index (χ1v) is 5.46. The zero-order valence-electron chi connectivity index (χ0n) is 9.42. The second kappa shape index (κ2) is 5.34. The number of rotatable bonds is 1. The lowest BCUT2D eigenvalue weighted by Gasteiger charge is -2.28. The predicted octanol–water partition coefficient (Wildman–Crippen LogP) is 3.76. The number of aromatic hydroxyl groups is 1. The highest BCUT2D eigenvalue weighted by molar-refractivity contribution is 9.10. The van der Waals surface area contributed by atoms with Gasteiger partial charge in [-0.3, -0.25) is 0 Å². The van der Waals surface area contributed by atoms with Gasteiger partial charge in [0.2, 0.25) is 0 Å². The number of halogens is 3. The normalized spacial score (nSPS) is 13.1. The molecule has 16 heavy (non-hydrogen) atoms. The molecule has 1 aromatic carbocycles. The molecule has 2 nitrogen and oxygen atoms in total. The SMILES string of the molecule is CC(C)(C)[C@@H](N)c1cc(Br)cc(F)c1O.Cl. The maximum absolute atomic E-state index is 13.3. The summed E-state index contributed by atoms with van der Waals surface area (Å²) < 4.78 is 13.8. The monoisotopic (exact) mass is 311 g/mol. The fourth-order valence-electron chi connectivity index (χ4n) is 1.29. The summed E-state index contributed by atoms with van der Waals surface area (Å²) in [4.78, 5) is 0. The summed E-state index contributed by atoms with van der Waals surface area (Å²) in [7, 11) is 0. The van der Waals surface area contributed by atoms with Gasteiger partial charge in [0.1, 0.15) is 0 Å². The van der Waals surface area contributed by atoms with Gasteiger partial charge in [-0.1, -0.05) is 36.7 Å². The van der Waals surface area contributed by atoms with Crippen LogP contribution in [0.25, 0.3) is 0 Å². The largest absolute Gasteiger partial charge is 0.505 e. The van der Waals surface area contributed by atoms with Crippen molar-refractivity contribution in [1.29, 1.82) is 0 Å². The summed E-state index contributed by atoms with van der Waals surface area (Å²) in [5.41, 5.74) is 6.16. The first-order chi connectivity index (χ1) is 6.73. The van der Waals surface area contributed by atoms with Crippen molar-refractivity contribution in [2.45, 2.75) is 26.8 Å². The van der Waals surface area contributed by atoms with E-state index in [1.165, 1.54) is 6.07 Å². The Balaban J connectivity index is 0.00000225. The summed E-state index contributed by atoms with van der Waals surface area (Å²) in [6.07, 6.45) is 0. The minimum atomic E-state index is -0.654. The molecular formula is C11H16BrClFNO. The third-order valence-electron chi connectivity index (χ3n) is 2.33. The molecule has 0 aliphatic carbocycles. The Labute approximate surface area is 110 Å². The fourth-order valence-corrected chi connectivity index (χ4v) is 1.74. The summed E-state index contributed by atoms with van der Waals surface area (Å²) in [6.45, 7) is 5.82. The molecule has 1 rings (SSSR count). The van der Waals surface area contributed by atoms with Crippen LogP contribution in [0.15, 0.2) is 16.6 Å². The maximum atomic E-state index is 13.3. The van der Waals surface area contributed by atoms with E-state index >= 15 is 0 Å². The van der Waals surface area contributed by atoms with Gasteiger partial charge in [-0.25, -0.2) is 4.39 Å². The number of hydrogen-bond donors (Lipinski definition) is 2. The number of phenols is 1. The molecule has 0 fully saturated rings. The van der Waals surface area contributed by atoms with Crippen molar-refractivity contribution >= 4 is 28.3 Å². The van der Waals surface area contributed by atoms with Gasteiger partial charge < -0.3 is 10.8 Å². The second-order valence-electron chi connectivity index (χ2n) is 4.67. The molecule has 0 heterocycles. The zero-order chi connectivity index (χ0) is 11.8. The highest BCUT2D eigenvalue weighted by atomic mass is 79.9. The molecule has 92 valence electrons. The van der Waals surface area contributed by atoms with E-state index in [0.29, 0.717) is 10.0 Å². The number of phenolic OH excluding ortho intramolecular Hbond substituents is 1. The van der Waals surface area contributed by atoms with Crippen LogP contribution in [-0.2, 0) is 0 Å². The topological polar surface area (TPSA) is 46.2 Å². The van der Waals surface area contributed by atoms with E-state index in [1.54, 1.807) is 6.07 Å². The Hall–Kier alpha value is -0.320. The molecule has 0 saturated heterocycles. The predicted molar refractivity (Wildman–Crippen MR) is 69.4 cm³/mol. The lowest BCUT2D eigenvalue weighted by Crippen LogP contribution is -2.26. The molecule has 0 spiro atoms. The van der Waals surface area contributed by atoms with Crippen molar-refractivity contribution in [2.75, 3.05) is 0 Å². The molecule has 0 aromatic heterocycles. The third kappa shape index (κ3) is 3.34. The molecule has 0 aliphatic rings. The standard InChI is InChI=1S/C11H15BrFNO.ClH/c1-11(2,3)10(14)7-4-6(12)5-8(13)9(7)15;/h4-5,10,15H,14H2,1-3H3;1H/t10-;/m0./s1. The first-order valence-electron chi connectivity index (χ1n) is 4.67. The van der Waals surface area contributed by atoms with Crippen LogP contribution in [-0.4, -0.2) is 5.11 Å². The van der Waals surface area contributed by atoms with Gasteiger partial charge in [0.25, 0.3) is 0 Å². The lowest BCUT2D eigenvalue weighted by atomic mass is 9.83. The van der Waals surface area contributed by atoms with Crippen molar-refractivity contribution in [1.82, 2.24) is 0 Å². The van der Waals surface area contributed by atoms with E-state index in [0.717, 1.165) is 0 Å². The van der Waals surface area contributed by atoms with E-state index < -0.39 is 11.9 Å². The highest BCUT2D eigenvalue weighted by Gasteiger charge is 2.26. The van der Waals surface area contributed by atoms with E-state index in [2.05, 4.69) is 15.9 Å². The molecule has 0 aliphatic heterocycles. The van der Waals surface area contributed by atoms with Crippen molar-refractivity contribution in [3.8, 4) is 5.75 Å². The van der Waals surface area contributed by atoms with Crippen molar-refractivity contribution in [2.24, 2.45) is 11.1 Å². The van der Waals surface area contributed by atoms with Crippen LogP contribution in [0.1, 0.15) is 32.4 Å². The molecule has 1 aromatic rings. The van der Waals surface area contributed by atoms with Crippen LogP contribution >= 0.6 is 28.3 Å². The van der Waals surface area contributed by atoms with Crippen molar-refractivity contribution < 1.29 is 9.50 Å². The van der Waals surface area contributed by atoms with Gasteiger partial charge in [-0.05, 0) is 17.5 Å². The molecule has 0 saturated carbocycles. The Morgan fingerprint density at radius 1 is 1.38 bits per heavy atom. The van der Waals surface area contributed by atoms with Crippen LogP contribution in [0.3, 0.4) is 0 Å². The fraction of sp³-hybridized carbons (Fsp3) is 0.455. The Bertz CT molecular complexity index is 379. The molecule has 3 N–H and O–H groups in total. The van der Waals surface area contributed by atoms with Gasteiger partial charge in [0, 0.05) is 16.1 Å². The van der Waals surface area contributed by atoms with Crippen LogP contribution in [0, 0.1) is 11.2 Å². The molecular weight excluding hydrogens is 296 g/mol. The van der Waals surface area contributed by atoms with Gasteiger partial charge in [-0.2, -0.15) is 0 Å². The molecule has 0 unspecified atom stereocenters. The molecule has 1 atom stereocenters. The van der Waals surface area contributed by atoms with Gasteiger partial charge >= 0.3 is 0 Å². The van der Waals surface area contributed by atoms with E-state index in [1.807, 2.05) is 20.8 Å². The summed E-state index contributed by atoms with van der Waals surface area (Å²) in [5.74, 6) is -1.01. The molecule has 0 amide bonds. The minimum absolute atomic E-state index is 0. The minimum Gasteiger partial charge on any atom is -0.505 e. The van der Waals surface area contributed by atoms with Crippen LogP contribution < -0.4 is 5.73 Å². The second-order valence-corrected chi connectivity index (χ2v) is 5.58. The summed E-state index contributed by atoms with van der Waals surface area (Å²) in [5, 5.41) is 9.58. The van der Waals surface area contributed by atoms with Gasteiger partial charge in [0.15, 0.2) is 11.6 Å². The van der Waals surface area contributed by atoms with E-state index in [-0.39, 0.29) is 23.6 Å². The van der Waals surface area contributed by atoms with Gasteiger partial charge in [-0.15, -0.1) is 12.4 Å². The Morgan fingerprint density at radius 2 is 1.88 bits per heavy atom. The smallest absolute Gasteiger partial charge is 0.166 e. The number of hydrogen-bond acceptors (Lipinski definition) is 2. The van der Waals surface area contributed by atoms with Gasteiger partial charge in [0.05, 0.1) is 0 Å². The maximum Gasteiger partial charge on any atom is 0.166 e. The Kier molecular flexibility index (Phi) is 5.23. The van der Waals surface area contributed by atoms with E-state index in [9.17, 15) is 9.50 Å². The third-order valence-corrected chi connectivity index (χ3v) is 2.78. The van der Waals surface area contributed by atoms with Crippen LogP contribution in [0.2, 0.25) is 0 Å². The number of benzene rings is 1. The van der Waals surface area contributed by atoms with Crippen LogP contribution in [0.5, 0.6) is 5.75 Å². The Morgan fingerprint density at radius 3 is 2.31 bits per heavy atom. The molecule has 0 bridgehead atoms. The highest BCUT2D eigenvalue weighted by Crippen LogP contribution is 2.37. The summed E-state index contributed by atoms with van der Waals surface area (Å²) >= 11 is 3.18. The zero-order valence-corrected chi connectivity index (χ0v) is 11.8. The average molecular weight is 313 g/mol. The molecule has 5 heteroatoms.